The van der Waals surface area contributed by atoms with Crippen LogP contribution in [0, 0.1) is 0 Å². The third-order valence-electron chi connectivity index (χ3n) is 4.16. The second-order valence-corrected chi connectivity index (χ2v) is 7.28. The van der Waals surface area contributed by atoms with E-state index in [2.05, 4.69) is 10.3 Å². The molecule has 0 bridgehead atoms. The van der Waals surface area contributed by atoms with Gasteiger partial charge in [0.15, 0.2) is 17.5 Å². The lowest BCUT2D eigenvalue weighted by atomic mass is 10.1. The van der Waals surface area contributed by atoms with E-state index in [1.807, 2.05) is 0 Å². The zero-order valence-corrected chi connectivity index (χ0v) is 16.5. The zero-order chi connectivity index (χ0) is 21.0. The smallest absolute Gasteiger partial charge is 0.312 e. The van der Waals surface area contributed by atoms with Crippen molar-refractivity contribution >= 4 is 45.7 Å². The normalized spacial score (nSPS) is 13.4. The summed E-state index contributed by atoms with van der Waals surface area (Å²) in [7, 11) is 0. The fourth-order valence-electron chi connectivity index (χ4n) is 2.78. The molecular formula is C19H19N3O6S. The van der Waals surface area contributed by atoms with Gasteiger partial charge in [-0.05, 0) is 24.6 Å². The van der Waals surface area contributed by atoms with Gasteiger partial charge in [0.25, 0.3) is 0 Å². The van der Waals surface area contributed by atoms with Gasteiger partial charge >= 0.3 is 5.97 Å². The minimum absolute atomic E-state index is 0.0200. The van der Waals surface area contributed by atoms with Crippen LogP contribution < -0.4 is 10.2 Å². The number of thiazole rings is 1. The SMILES string of the molecule is CC(=O)Nc1cc(C(=O)COC(=O)Cc2csc(N3CCCC3=O)n2)ccc1O. The molecule has 1 aromatic heterocycles. The second-order valence-electron chi connectivity index (χ2n) is 6.44. The number of hydrogen-bond donors (Lipinski definition) is 2. The summed E-state index contributed by atoms with van der Waals surface area (Å²) < 4.78 is 5.01. The first-order chi connectivity index (χ1) is 13.8. The van der Waals surface area contributed by atoms with Crippen molar-refractivity contribution in [3.8, 4) is 5.75 Å². The highest BCUT2D eigenvalue weighted by Gasteiger charge is 2.24. The quantitative estimate of drug-likeness (QED) is 0.400. The largest absolute Gasteiger partial charge is 0.506 e. The van der Waals surface area contributed by atoms with Crippen molar-refractivity contribution in [1.82, 2.24) is 4.98 Å². The Morgan fingerprint density at radius 1 is 1.34 bits per heavy atom. The fourth-order valence-corrected chi connectivity index (χ4v) is 3.65. The van der Waals surface area contributed by atoms with Crippen LogP contribution in [0.15, 0.2) is 23.6 Å². The molecule has 3 rings (SSSR count). The molecule has 152 valence electrons. The lowest BCUT2D eigenvalue weighted by molar-refractivity contribution is -0.141. The summed E-state index contributed by atoms with van der Waals surface area (Å²) in [6.07, 6.45) is 1.18. The Kier molecular flexibility index (Phi) is 6.23. The average molecular weight is 417 g/mol. The number of hydrogen-bond acceptors (Lipinski definition) is 8. The monoisotopic (exact) mass is 417 g/mol. The number of rotatable bonds is 7. The van der Waals surface area contributed by atoms with Crippen molar-refractivity contribution in [3.05, 3.63) is 34.8 Å². The predicted molar refractivity (Wildman–Crippen MR) is 105 cm³/mol. The van der Waals surface area contributed by atoms with Gasteiger partial charge in [-0.25, -0.2) is 4.98 Å². The van der Waals surface area contributed by atoms with E-state index in [0.717, 1.165) is 6.42 Å². The van der Waals surface area contributed by atoms with Gasteiger partial charge in [-0.3, -0.25) is 24.1 Å². The first kappa shape index (κ1) is 20.5. The lowest BCUT2D eigenvalue weighted by Crippen LogP contribution is -2.23. The van der Waals surface area contributed by atoms with Crippen LogP contribution >= 0.6 is 11.3 Å². The van der Waals surface area contributed by atoms with E-state index >= 15 is 0 Å². The number of anilines is 2. The number of phenolic OH excluding ortho intramolecular Hbond substituents is 1. The van der Waals surface area contributed by atoms with Gasteiger partial charge < -0.3 is 15.2 Å². The van der Waals surface area contributed by atoms with E-state index < -0.39 is 24.3 Å². The lowest BCUT2D eigenvalue weighted by Gasteiger charge is -2.10. The Balaban J connectivity index is 1.54. The highest BCUT2D eigenvalue weighted by atomic mass is 32.1. The van der Waals surface area contributed by atoms with Crippen molar-refractivity contribution in [2.24, 2.45) is 0 Å². The van der Waals surface area contributed by atoms with Crippen LogP contribution in [0.5, 0.6) is 5.75 Å². The number of nitrogens with zero attached hydrogens (tertiary/aromatic N) is 2. The minimum atomic E-state index is -0.621. The molecule has 2 amide bonds. The zero-order valence-electron chi connectivity index (χ0n) is 15.6. The van der Waals surface area contributed by atoms with Crippen LogP contribution in [0.1, 0.15) is 35.8 Å². The van der Waals surface area contributed by atoms with Gasteiger partial charge in [0.2, 0.25) is 11.8 Å². The molecule has 10 heteroatoms. The summed E-state index contributed by atoms with van der Waals surface area (Å²) in [5.74, 6) is -1.65. The van der Waals surface area contributed by atoms with Gasteiger partial charge in [0.1, 0.15) is 5.75 Å². The molecule has 0 aliphatic carbocycles. The van der Waals surface area contributed by atoms with Crippen LogP contribution in [-0.2, 0) is 25.5 Å². The third-order valence-corrected chi connectivity index (χ3v) is 5.08. The van der Waals surface area contributed by atoms with Crippen molar-refractivity contribution in [2.75, 3.05) is 23.4 Å². The van der Waals surface area contributed by atoms with E-state index in [-0.39, 0.29) is 29.3 Å². The maximum atomic E-state index is 12.2. The van der Waals surface area contributed by atoms with E-state index in [9.17, 15) is 24.3 Å². The van der Waals surface area contributed by atoms with Crippen LogP contribution in [0.3, 0.4) is 0 Å². The number of aromatic hydroxyl groups is 1. The molecule has 2 heterocycles. The van der Waals surface area contributed by atoms with Crippen molar-refractivity contribution in [1.29, 1.82) is 0 Å². The number of amides is 2. The number of phenols is 1. The molecule has 2 aromatic rings. The van der Waals surface area contributed by atoms with E-state index in [1.54, 1.807) is 10.3 Å². The number of ether oxygens (including phenoxy) is 1. The topological polar surface area (TPSA) is 126 Å². The van der Waals surface area contributed by atoms with Gasteiger partial charge in [0, 0.05) is 30.8 Å². The summed E-state index contributed by atoms with van der Waals surface area (Å²) in [6.45, 7) is 1.42. The number of Topliss-reactive ketones (excluding diaryl/α,β-unsaturated/α-hetero) is 1. The molecule has 0 unspecified atom stereocenters. The number of benzene rings is 1. The Morgan fingerprint density at radius 2 is 2.14 bits per heavy atom. The minimum Gasteiger partial charge on any atom is -0.506 e. The first-order valence-electron chi connectivity index (χ1n) is 8.87. The summed E-state index contributed by atoms with van der Waals surface area (Å²) >= 11 is 1.28. The molecular weight excluding hydrogens is 398 g/mol. The molecule has 0 atom stereocenters. The number of nitrogens with one attached hydrogen (secondary N) is 1. The highest BCUT2D eigenvalue weighted by Crippen LogP contribution is 2.26. The molecule has 9 nitrogen and oxygen atoms in total. The number of carbonyl (C=O) groups is 4. The molecule has 0 radical (unpaired) electrons. The van der Waals surface area contributed by atoms with Crippen molar-refractivity contribution < 1.29 is 29.0 Å². The van der Waals surface area contributed by atoms with Crippen LogP contribution in [0.2, 0.25) is 0 Å². The molecule has 1 aromatic carbocycles. The van der Waals surface area contributed by atoms with Crippen molar-refractivity contribution in [3.63, 3.8) is 0 Å². The van der Waals surface area contributed by atoms with Crippen LogP contribution in [0.4, 0.5) is 10.8 Å². The first-order valence-corrected chi connectivity index (χ1v) is 9.75. The molecule has 2 N–H and O–H groups in total. The summed E-state index contributed by atoms with van der Waals surface area (Å²) in [5, 5.41) is 14.4. The van der Waals surface area contributed by atoms with E-state index in [4.69, 9.17) is 4.74 Å². The van der Waals surface area contributed by atoms with E-state index in [0.29, 0.717) is 23.8 Å². The van der Waals surface area contributed by atoms with Gasteiger partial charge in [-0.15, -0.1) is 11.3 Å². The second kappa shape index (κ2) is 8.82. The Bertz CT molecular complexity index is 971. The van der Waals surface area contributed by atoms with E-state index in [1.165, 1.54) is 36.5 Å². The maximum absolute atomic E-state index is 12.2. The van der Waals surface area contributed by atoms with Gasteiger partial charge in [0.05, 0.1) is 17.8 Å². The van der Waals surface area contributed by atoms with Gasteiger partial charge in [-0.2, -0.15) is 0 Å². The molecule has 1 fully saturated rings. The maximum Gasteiger partial charge on any atom is 0.312 e. The Morgan fingerprint density at radius 3 is 2.83 bits per heavy atom. The van der Waals surface area contributed by atoms with Crippen LogP contribution in [0.25, 0.3) is 0 Å². The fraction of sp³-hybridized carbons (Fsp3) is 0.316. The Labute approximate surface area is 170 Å². The van der Waals surface area contributed by atoms with Crippen LogP contribution in [-0.4, -0.2) is 46.8 Å². The third kappa shape index (κ3) is 5.17. The predicted octanol–water partition coefficient (Wildman–Crippen LogP) is 1.90. The number of carbonyl (C=O) groups excluding carboxylic acids is 4. The Hall–Kier alpha value is -3.27. The molecule has 1 aliphatic heterocycles. The summed E-state index contributed by atoms with van der Waals surface area (Å²) in [4.78, 5) is 53.0. The average Bonchev–Trinajstić information content (AvgIpc) is 3.29. The number of esters is 1. The van der Waals surface area contributed by atoms with Gasteiger partial charge in [-0.1, -0.05) is 0 Å². The molecule has 1 saturated heterocycles. The summed E-state index contributed by atoms with van der Waals surface area (Å²) in [5.41, 5.74) is 0.753. The standard InChI is InChI=1S/C19H19N3O6S/c1-11(23)20-14-7-12(4-5-15(14)24)16(25)9-28-18(27)8-13-10-29-19(21-13)22-6-2-3-17(22)26/h4-5,7,10,24H,2-3,6,8-9H2,1H3,(H,20,23). The van der Waals surface area contributed by atoms with Crippen molar-refractivity contribution in [2.45, 2.75) is 26.2 Å². The highest BCUT2D eigenvalue weighted by molar-refractivity contribution is 7.14. The molecule has 29 heavy (non-hydrogen) atoms. The number of aromatic nitrogens is 1. The molecule has 1 aliphatic rings. The molecule has 0 spiro atoms. The molecule has 0 saturated carbocycles. The number of ketones is 1. The summed E-state index contributed by atoms with van der Waals surface area (Å²) in [6, 6.07) is 3.96.